The molecule has 0 saturated carbocycles. The summed E-state index contributed by atoms with van der Waals surface area (Å²) in [5.74, 6) is -1.78. The fourth-order valence-electron chi connectivity index (χ4n) is 1.37. The lowest BCUT2D eigenvalue weighted by Gasteiger charge is -2.08. The molecule has 0 aromatic heterocycles. The monoisotopic (exact) mass is 285 g/mol. The van der Waals surface area contributed by atoms with Crippen LogP contribution in [0.1, 0.15) is 0 Å². The molecule has 0 aliphatic carbocycles. The molecule has 8 heteroatoms. The molecule has 1 aliphatic heterocycles. The number of carbonyl (C=O) groups is 2. The van der Waals surface area contributed by atoms with Crippen molar-refractivity contribution in [2.24, 2.45) is 4.99 Å². The van der Waals surface area contributed by atoms with E-state index >= 15 is 0 Å². The molecule has 1 aliphatic rings. The van der Waals surface area contributed by atoms with Crippen LogP contribution in [0.15, 0.2) is 23.2 Å². The van der Waals surface area contributed by atoms with Crippen molar-refractivity contribution >= 4 is 34.6 Å². The molecule has 0 radical (unpaired) electrons. The summed E-state index contributed by atoms with van der Waals surface area (Å²) < 4.78 is 26.6. The summed E-state index contributed by atoms with van der Waals surface area (Å²) in [5, 5.41) is 2.21. The topological polar surface area (TPSA) is 61.8 Å². The lowest BCUT2D eigenvalue weighted by atomic mass is 10.3. The van der Waals surface area contributed by atoms with Gasteiger partial charge in [0.05, 0.1) is 5.75 Å². The Morgan fingerprint density at radius 3 is 2.58 bits per heavy atom. The SMILES string of the molecule is CN1C(=O)CSC1=NC(=O)Nc1c(F)cccc1F. The molecule has 19 heavy (non-hydrogen) atoms. The Morgan fingerprint density at radius 1 is 1.42 bits per heavy atom. The molecule has 0 bridgehead atoms. The molecule has 1 N–H and O–H groups in total. The van der Waals surface area contributed by atoms with Crippen LogP contribution < -0.4 is 5.32 Å². The third kappa shape index (κ3) is 2.90. The number of para-hydroxylation sites is 1. The van der Waals surface area contributed by atoms with Crippen molar-refractivity contribution in [3.63, 3.8) is 0 Å². The highest BCUT2D eigenvalue weighted by atomic mass is 32.2. The number of urea groups is 1. The number of carbonyl (C=O) groups excluding carboxylic acids is 2. The molecule has 0 spiro atoms. The maximum atomic E-state index is 13.3. The number of anilines is 1. The molecule has 100 valence electrons. The van der Waals surface area contributed by atoms with Gasteiger partial charge in [-0.15, -0.1) is 0 Å². The molecule has 0 unspecified atom stereocenters. The van der Waals surface area contributed by atoms with E-state index in [0.717, 1.165) is 23.9 Å². The number of hydrogen-bond acceptors (Lipinski definition) is 3. The number of nitrogens with one attached hydrogen (secondary N) is 1. The summed E-state index contributed by atoms with van der Waals surface area (Å²) in [6.45, 7) is 0. The first kappa shape index (κ1) is 13.5. The van der Waals surface area contributed by atoms with Crippen LogP contribution in [0.4, 0.5) is 19.3 Å². The van der Waals surface area contributed by atoms with Gasteiger partial charge in [0, 0.05) is 7.05 Å². The maximum Gasteiger partial charge on any atom is 0.347 e. The van der Waals surface area contributed by atoms with Gasteiger partial charge in [-0.1, -0.05) is 17.8 Å². The summed E-state index contributed by atoms with van der Waals surface area (Å²) in [4.78, 5) is 27.5. The largest absolute Gasteiger partial charge is 0.347 e. The van der Waals surface area contributed by atoms with Crippen LogP contribution in [0.25, 0.3) is 0 Å². The lowest BCUT2D eigenvalue weighted by molar-refractivity contribution is -0.123. The number of benzene rings is 1. The van der Waals surface area contributed by atoms with Crippen molar-refractivity contribution in [1.29, 1.82) is 0 Å². The van der Waals surface area contributed by atoms with Crippen LogP contribution in [0.3, 0.4) is 0 Å². The number of hydrogen-bond donors (Lipinski definition) is 1. The summed E-state index contributed by atoms with van der Waals surface area (Å²) in [5.41, 5.74) is -0.561. The van der Waals surface area contributed by atoms with Crippen LogP contribution in [-0.2, 0) is 4.79 Å². The molecule has 1 heterocycles. The molecule has 3 amide bonds. The van der Waals surface area contributed by atoms with Crippen molar-refractivity contribution in [2.45, 2.75) is 0 Å². The number of rotatable bonds is 1. The van der Waals surface area contributed by atoms with E-state index in [4.69, 9.17) is 0 Å². The summed E-state index contributed by atoms with van der Waals surface area (Å²) >= 11 is 1.08. The van der Waals surface area contributed by atoms with E-state index in [0.29, 0.717) is 0 Å². The summed E-state index contributed by atoms with van der Waals surface area (Å²) in [6, 6.07) is 2.29. The Hall–Kier alpha value is -1.96. The number of thioether (sulfide) groups is 1. The zero-order valence-electron chi connectivity index (χ0n) is 9.81. The van der Waals surface area contributed by atoms with Gasteiger partial charge in [-0.05, 0) is 12.1 Å². The molecule has 1 fully saturated rings. The molecule has 5 nitrogen and oxygen atoms in total. The maximum absolute atomic E-state index is 13.3. The first-order valence-corrected chi connectivity index (χ1v) is 6.20. The van der Waals surface area contributed by atoms with Crippen LogP contribution in [0, 0.1) is 11.6 Å². The first-order chi connectivity index (χ1) is 8.99. The third-order valence-electron chi connectivity index (χ3n) is 2.38. The Balaban J connectivity index is 2.14. The van der Waals surface area contributed by atoms with Crippen LogP contribution in [-0.4, -0.2) is 34.8 Å². The van der Waals surface area contributed by atoms with Gasteiger partial charge < -0.3 is 5.32 Å². The second-order valence-corrected chi connectivity index (χ2v) is 4.61. The predicted molar refractivity (Wildman–Crippen MR) is 68.0 cm³/mol. The molecular weight excluding hydrogens is 276 g/mol. The first-order valence-electron chi connectivity index (χ1n) is 5.22. The minimum atomic E-state index is -0.937. The number of halogens is 2. The van der Waals surface area contributed by atoms with Crippen LogP contribution in [0.2, 0.25) is 0 Å². The van der Waals surface area contributed by atoms with E-state index in [9.17, 15) is 18.4 Å². The number of nitrogens with zero attached hydrogens (tertiary/aromatic N) is 2. The van der Waals surface area contributed by atoms with Gasteiger partial charge >= 0.3 is 6.03 Å². The Bertz CT molecular complexity index is 557. The van der Waals surface area contributed by atoms with Gasteiger partial charge in [0.15, 0.2) is 5.17 Å². The third-order valence-corrected chi connectivity index (χ3v) is 3.39. The van der Waals surface area contributed by atoms with Crippen molar-refractivity contribution in [1.82, 2.24) is 4.90 Å². The zero-order valence-corrected chi connectivity index (χ0v) is 10.6. The Labute approximate surface area is 111 Å². The van der Waals surface area contributed by atoms with E-state index in [1.54, 1.807) is 0 Å². The second kappa shape index (κ2) is 5.35. The van der Waals surface area contributed by atoms with Gasteiger partial charge in [0.1, 0.15) is 17.3 Å². The highest BCUT2D eigenvalue weighted by Gasteiger charge is 2.25. The quantitative estimate of drug-likeness (QED) is 0.859. The minimum Gasteiger partial charge on any atom is -0.301 e. The van der Waals surface area contributed by atoms with Crippen molar-refractivity contribution in [3.05, 3.63) is 29.8 Å². The van der Waals surface area contributed by atoms with E-state index in [1.807, 2.05) is 5.32 Å². The van der Waals surface area contributed by atoms with Gasteiger partial charge in [-0.2, -0.15) is 4.99 Å². The molecule has 2 rings (SSSR count). The number of amidine groups is 1. The van der Waals surface area contributed by atoms with E-state index in [-0.39, 0.29) is 16.8 Å². The number of amides is 3. The average Bonchev–Trinajstić information content (AvgIpc) is 2.66. The average molecular weight is 285 g/mol. The normalized spacial score (nSPS) is 17.1. The van der Waals surface area contributed by atoms with Gasteiger partial charge in [-0.25, -0.2) is 13.6 Å². The molecule has 1 aromatic carbocycles. The Morgan fingerprint density at radius 2 is 2.05 bits per heavy atom. The van der Waals surface area contributed by atoms with Gasteiger partial charge in [0.2, 0.25) is 5.91 Å². The second-order valence-electron chi connectivity index (χ2n) is 3.66. The zero-order chi connectivity index (χ0) is 14.0. The lowest BCUT2D eigenvalue weighted by Crippen LogP contribution is -2.25. The summed E-state index contributed by atoms with van der Waals surface area (Å²) in [7, 11) is 1.47. The molecule has 1 aromatic rings. The predicted octanol–water partition coefficient (Wildman–Crippen LogP) is 2.06. The highest BCUT2D eigenvalue weighted by molar-refractivity contribution is 8.15. The van der Waals surface area contributed by atoms with Crippen molar-refractivity contribution in [2.75, 3.05) is 18.1 Å². The minimum absolute atomic E-state index is 0.186. The van der Waals surface area contributed by atoms with E-state index in [1.165, 1.54) is 18.0 Å². The fourth-order valence-corrected chi connectivity index (χ4v) is 2.26. The Kier molecular flexibility index (Phi) is 3.79. The van der Waals surface area contributed by atoms with Crippen LogP contribution in [0.5, 0.6) is 0 Å². The van der Waals surface area contributed by atoms with Crippen LogP contribution >= 0.6 is 11.8 Å². The number of aliphatic imine (C=N–C) groups is 1. The standard InChI is InChI=1S/C11H9F2N3O2S/c1-16-8(17)5-19-11(16)15-10(18)14-9-6(12)3-2-4-7(9)13/h2-4H,5H2,1H3,(H,14,18). The molecule has 0 atom stereocenters. The van der Waals surface area contributed by atoms with E-state index < -0.39 is 23.4 Å². The highest BCUT2D eigenvalue weighted by Crippen LogP contribution is 2.20. The molecular formula is C11H9F2N3O2S. The summed E-state index contributed by atoms with van der Waals surface area (Å²) in [6.07, 6.45) is 0. The smallest absolute Gasteiger partial charge is 0.301 e. The van der Waals surface area contributed by atoms with Crippen molar-refractivity contribution in [3.8, 4) is 0 Å². The molecule has 1 saturated heterocycles. The van der Waals surface area contributed by atoms with Gasteiger partial charge in [-0.3, -0.25) is 9.69 Å². The van der Waals surface area contributed by atoms with E-state index in [2.05, 4.69) is 4.99 Å². The van der Waals surface area contributed by atoms with Crippen molar-refractivity contribution < 1.29 is 18.4 Å². The van der Waals surface area contributed by atoms with Gasteiger partial charge in [0.25, 0.3) is 0 Å². The fraction of sp³-hybridized carbons (Fsp3) is 0.182.